The van der Waals surface area contributed by atoms with Crippen LogP contribution in [0.25, 0.3) is 0 Å². The van der Waals surface area contributed by atoms with E-state index in [-0.39, 0.29) is 0 Å². The van der Waals surface area contributed by atoms with E-state index in [9.17, 15) is 0 Å². The van der Waals surface area contributed by atoms with Crippen LogP contribution in [0.15, 0.2) is 0 Å². The van der Waals surface area contributed by atoms with Crippen molar-refractivity contribution >= 4 is 21.7 Å². The molecule has 11 heavy (non-hydrogen) atoms. The van der Waals surface area contributed by atoms with E-state index in [0.717, 1.165) is 32.1 Å². The first-order valence-electron chi connectivity index (χ1n) is 3.97. The first-order valence-corrected chi connectivity index (χ1v) is 5.78. The molecule has 4 heteroatoms. The first kappa shape index (κ1) is 9.65. The van der Waals surface area contributed by atoms with Crippen LogP contribution in [0.3, 0.4) is 0 Å². The van der Waals surface area contributed by atoms with Crippen molar-refractivity contribution in [2.24, 2.45) is 0 Å². The minimum atomic E-state index is 0.897. The van der Waals surface area contributed by atoms with Crippen LogP contribution in [0.2, 0.25) is 0 Å². The molecule has 0 N–H and O–H groups in total. The zero-order valence-corrected chi connectivity index (χ0v) is 8.16. The van der Waals surface area contributed by atoms with E-state index in [1.165, 1.54) is 23.9 Å². The summed E-state index contributed by atoms with van der Waals surface area (Å²) in [4.78, 5) is 2.43. The average molecular weight is 196 g/mol. The molecule has 1 aliphatic rings. The molecule has 0 spiro atoms. The fourth-order valence-corrected chi connectivity index (χ4v) is 1.73. The van der Waals surface area contributed by atoms with Gasteiger partial charge in [0, 0.05) is 18.8 Å². The molecular formula is C7H14ClNOS. The van der Waals surface area contributed by atoms with Crippen molar-refractivity contribution < 1.29 is 4.74 Å². The molecule has 0 atom stereocenters. The highest BCUT2D eigenvalue weighted by Gasteiger charge is 2.08. The van der Waals surface area contributed by atoms with Gasteiger partial charge < -0.3 is 4.74 Å². The summed E-state index contributed by atoms with van der Waals surface area (Å²) in [5, 5.41) is 0. The Morgan fingerprint density at radius 3 is 2.73 bits per heavy atom. The Bertz CT molecular complexity index is 98.4. The van der Waals surface area contributed by atoms with Gasteiger partial charge in [0.2, 0.25) is 0 Å². The van der Waals surface area contributed by atoms with Crippen LogP contribution in [0.4, 0.5) is 0 Å². The normalized spacial score (nSPS) is 20.5. The topological polar surface area (TPSA) is 12.5 Å². The van der Waals surface area contributed by atoms with Gasteiger partial charge in [0.05, 0.1) is 13.2 Å². The summed E-state index contributed by atoms with van der Waals surface area (Å²) in [5.74, 6) is 1.05. The number of halogens is 1. The van der Waals surface area contributed by atoms with Gasteiger partial charge in [0.15, 0.2) is 0 Å². The summed E-state index contributed by atoms with van der Waals surface area (Å²) in [6, 6.07) is 0. The third-order valence-electron chi connectivity index (χ3n) is 1.80. The number of hydrogen-bond acceptors (Lipinski definition) is 3. The van der Waals surface area contributed by atoms with Crippen LogP contribution in [0.1, 0.15) is 6.42 Å². The molecule has 0 aromatic heterocycles. The Morgan fingerprint density at radius 1 is 1.36 bits per heavy atom. The fourth-order valence-electron chi connectivity index (χ4n) is 1.17. The molecule has 1 aliphatic heterocycles. The zero-order valence-electron chi connectivity index (χ0n) is 6.59. The van der Waals surface area contributed by atoms with Gasteiger partial charge in [-0.15, -0.1) is 0 Å². The highest BCUT2D eigenvalue weighted by atomic mass is 35.7. The molecule has 1 fully saturated rings. The quantitative estimate of drug-likeness (QED) is 0.633. The van der Waals surface area contributed by atoms with E-state index >= 15 is 0 Å². The van der Waals surface area contributed by atoms with Crippen molar-refractivity contribution in [3.63, 3.8) is 0 Å². The van der Waals surface area contributed by atoms with Crippen molar-refractivity contribution in [2.45, 2.75) is 6.42 Å². The lowest BCUT2D eigenvalue weighted by molar-refractivity contribution is 0.0381. The number of ether oxygens (including phenoxy) is 1. The van der Waals surface area contributed by atoms with Gasteiger partial charge in [-0.05, 0) is 23.6 Å². The average Bonchev–Trinajstić information content (AvgIpc) is 2.07. The van der Waals surface area contributed by atoms with Gasteiger partial charge in [-0.1, -0.05) is 11.0 Å². The van der Waals surface area contributed by atoms with Crippen LogP contribution >= 0.6 is 21.7 Å². The first-order chi connectivity index (χ1) is 5.43. The maximum atomic E-state index is 5.49. The summed E-state index contributed by atoms with van der Waals surface area (Å²) < 4.78 is 5.23. The van der Waals surface area contributed by atoms with Gasteiger partial charge in [0.1, 0.15) is 0 Å². The van der Waals surface area contributed by atoms with Gasteiger partial charge in [-0.2, -0.15) is 0 Å². The zero-order chi connectivity index (χ0) is 7.94. The summed E-state index contributed by atoms with van der Waals surface area (Å²) in [5.41, 5.74) is 0. The van der Waals surface area contributed by atoms with Gasteiger partial charge >= 0.3 is 0 Å². The van der Waals surface area contributed by atoms with Gasteiger partial charge in [-0.3, -0.25) is 4.90 Å². The van der Waals surface area contributed by atoms with E-state index < -0.39 is 0 Å². The van der Waals surface area contributed by atoms with E-state index in [0.29, 0.717) is 0 Å². The van der Waals surface area contributed by atoms with E-state index in [1.54, 1.807) is 0 Å². The molecule has 1 saturated heterocycles. The molecule has 0 saturated carbocycles. The predicted molar refractivity (Wildman–Crippen MR) is 50.2 cm³/mol. The monoisotopic (exact) mass is 195 g/mol. The molecule has 0 radical (unpaired) electrons. The molecule has 1 heterocycles. The molecule has 0 aliphatic carbocycles. The Labute approximate surface area is 76.7 Å². The van der Waals surface area contributed by atoms with Crippen LogP contribution in [-0.2, 0) is 4.74 Å². The number of nitrogens with zero attached hydrogens (tertiary/aromatic N) is 1. The summed E-state index contributed by atoms with van der Waals surface area (Å²) in [7, 11) is 6.90. The molecule has 1 rings (SSSR count). The van der Waals surface area contributed by atoms with Crippen molar-refractivity contribution in [2.75, 3.05) is 38.6 Å². The molecule has 0 amide bonds. The lowest BCUT2D eigenvalue weighted by Gasteiger charge is -2.26. The third kappa shape index (κ3) is 4.21. The Hall–Kier alpha value is 0.560. The fraction of sp³-hybridized carbons (Fsp3) is 1.00. The Morgan fingerprint density at radius 2 is 2.09 bits per heavy atom. The molecule has 0 aromatic carbocycles. The maximum Gasteiger partial charge on any atom is 0.0594 e. The Balaban J connectivity index is 1.96. The van der Waals surface area contributed by atoms with Gasteiger partial charge in [-0.25, -0.2) is 0 Å². The molecule has 2 nitrogen and oxygen atoms in total. The van der Waals surface area contributed by atoms with Crippen molar-refractivity contribution in [1.29, 1.82) is 0 Å². The van der Waals surface area contributed by atoms with Crippen molar-refractivity contribution in [3.8, 4) is 0 Å². The summed E-state index contributed by atoms with van der Waals surface area (Å²) >= 11 is 0. The molecule has 0 aromatic rings. The minimum absolute atomic E-state index is 0.897. The van der Waals surface area contributed by atoms with Crippen LogP contribution < -0.4 is 0 Å². The molecular weight excluding hydrogens is 182 g/mol. The second kappa shape index (κ2) is 6.12. The van der Waals surface area contributed by atoms with E-state index in [2.05, 4.69) is 4.90 Å². The minimum Gasteiger partial charge on any atom is -0.379 e. The second-order valence-electron chi connectivity index (χ2n) is 2.62. The highest BCUT2D eigenvalue weighted by molar-refractivity contribution is 8.21. The van der Waals surface area contributed by atoms with Gasteiger partial charge in [0.25, 0.3) is 0 Å². The summed E-state index contributed by atoms with van der Waals surface area (Å²) in [6.07, 6.45) is 1.19. The van der Waals surface area contributed by atoms with Crippen molar-refractivity contribution in [1.82, 2.24) is 4.90 Å². The Kier molecular flexibility index (Phi) is 5.37. The van der Waals surface area contributed by atoms with Crippen LogP contribution in [0, 0.1) is 0 Å². The molecule has 66 valence electrons. The van der Waals surface area contributed by atoms with Crippen molar-refractivity contribution in [3.05, 3.63) is 0 Å². The van der Waals surface area contributed by atoms with E-state index in [4.69, 9.17) is 15.4 Å². The van der Waals surface area contributed by atoms with Crippen LogP contribution in [0.5, 0.6) is 0 Å². The molecule has 0 bridgehead atoms. The highest BCUT2D eigenvalue weighted by Crippen LogP contribution is 2.08. The maximum absolute atomic E-state index is 5.49. The standard InChI is InChI=1S/C7H14ClNOS/c8-11-7-1-2-9-3-5-10-6-4-9/h1-7H2. The van der Waals surface area contributed by atoms with E-state index in [1.807, 2.05) is 0 Å². The smallest absolute Gasteiger partial charge is 0.0594 e. The lowest BCUT2D eigenvalue weighted by Crippen LogP contribution is -2.36. The largest absolute Gasteiger partial charge is 0.379 e. The predicted octanol–water partition coefficient (Wildman–Crippen LogP) is 1.60. The van der Waals surface area contributed by atoms with Crippen LogP contribution in [-0.4, -0.2) is 43.5 Å². The number of rotatable bonds is 4. The number of hydrogen-bond donors (Lipinski definition) is 0. The molecule has 0 unspecified atom stereocenters. The second-order valence-corrected chi connectivity index (χ2v) is 3.90. The lowest BCUT2D eigenvalue weighted by atomic mass is 10.4. The number of morpholine rings is 1. The summed E-state index contributed by atoms with van der Waals surface area (Å²) in [6.45, 7) is 5.14. The third-order valence-corrected chi connectivity index (χ3v) is 2.71. The SMILES string of the molecule is ClSCCCN1CCOCC1.